The number of alkyl carbamates (subject to hydrolysis) is 2. The molecule has 0 saturated heterocycles. The van der Waals surface area contributed by atoms with Crippen molar-refractivity contribution in [2.45, 2.75) is 51.4 Å². The van der Waals surface area contributed by atoms with Gasteiger partial charge in [-0.25, -0.2) is 9.59 Å². The number of aryl methyl sites for hydroxylation is 2. The molecular formula is C34H37N3O5. The second-order valence-corrected chi connectivity index (χ2v) is 10.2. The number of hydrogen-bond acceptors (Lipinski definition) is 5. The van der Waals surface area contributed by atoms with Gasteiger partial charge in [0.15, 0.2) is 0 Å². The van der Waals surface area contributed by atoms with Gasteiger partial charge in [-0.3, -0.25) is 4.79 Å². The largest absolute Gasteiger partial charge is 0.445 e. The SMILES string of the molecule is NC(=O)[C@H](CCc1ccc2cc(CCCCNC(=O)OCc3ccccc3)ccc2c1)NC(=O)OCc1ccccc1. The smallest absolute Gasteiger partial charge is 0.408 e. The number of carbonyl (C=O) groups is 3. The molecule has 4 N–H and O–H groups in total. The van der Waals surface area contributed by atoms with Crippen LogP contribution in [0, 0.1) is 0 Å². The van der Waals surface area contributed by atoms with E-state index in [-0.39, 0.29) is 13.2 Å². The van der Waals surface area contributed by atoms with Crippen LogP contribution in [0.4, 0.5) is 9.59 Å². The standard InChI is InChI=1S/C34H37N3O5/c35-32(38)31(37-34(40)42-24-28-12-5-2-6-13-28)19-16-26-15-18-29-21-25(14-17-30(29)22-26)9-7-8-20-36-33(39)41-23-27-10-3-1-4-11-27/h1-6,10-15,17-18,21-22,31H,7-9,16,19-20,23-24H2,(H2,35,38)(H,36,39)(H,37,40)/t31-/m0/s1. The fraction of sp³-hybridized carbons (Fsp3) is 0.265. The Morgan fingerprint density at radius 3 is 1.76 bits per heavy atom. The summed E-state index contributed by atoms with van der Waals surface area (Å²) in [6.45, 7) is 0.944. The summed E-state index contributed by atoms with van der Waals surface area (Å²) in [5, 5.41) is 7.62. The van der Waals surface area contributed by atoms with Crippen molar-refractivity contribution in [2.75, 3.05) is 6.54 Å². The molecule has 0 aliphatic carbocycles. The maximum atomic E-state index is 12.2. The van der Waals surface area contributed by atoms with Gasteiger partial charge in [0.1, 0.15) is 19.3 Å². The fourth-order valence-corrected chi connectivity index (χ4v) is 4.58. The molecule has 3 amide bonds. The van der Waals surface area contributed by atoms with E-state index in [0.717, 1.165) is 46.7 Å². The van der Waals surface area contributed by atoms with Crippen molar-refractivity contribution < 1.29 is 23.9 Å². The molecule has 0 aromatic heterocycles. The number of rotatable bonds is 14. The molecule has 0 saturated carbocycles. The summed E-state index contributed by atoms with van der Waals surface area (Å²) in [5.41, 5.74) is 9.63. The highest BCUT2D eigenvalue weighted by Crippen LogP contribution is 2.20. The van der Waals surface area contributed by atoms with Crippen LogP contribution in [-0.2, 0) is 40.3 Å². The highest BCUT2D eigenvalue weighted by molar-refractivity contribution is 5.85. The van der Waals surface area contributed by atoms with Crippen LogP contribution in [0.3, 0.4) is 0 Å². The molecule has 4 aromatic carbocycles. The lowest BCUT2D eigenvalue weighted by atomic mass is 9.98. The predicted molar refractivity (Wildman–Crippen MR) is 163 cm³/mol. The molecule has 8 nitrogen and oxygen atoms in total. The lowest BCUT2D eigenvalue weighted by Crippen LogP contribution is -2.44. The van der Waals surface area contributed by atoms with Crippen LogP contribution in [0.25, 0.3) is 10.8 Å². The third kappa shape index (κ3) is 9.96. The topological polar surface area (TPSA) is 120 Å². The van der Waals surface area contributed by atoms with E-state index in [4.69, 9.17) is 15.2 Å². The summed E-state index contributed by atoms with van der Waals surface area (Å²) in [7, 11) is 0. The molecular weight excluding hydrogens is 530 g/mol. The second kappa shape index (κ2) is 15.8. The molecule has 0 unspecified atom stereocenters. The van der Waals surface area contributed by atoms with Gasteiger partial charge in [0, 0.05) is 6.54 Å². The van der Waals surface area contributed by atoms with E-state index in [9.17, 15) is 14.4 Å². The molecule has 0 heterocycles. The summed E-state index contributed by atoms with van der Waals surface area (Å²) in [5.74, 6) is -0.601. The Labute approximate surface area is 246 Å². The van der Waals surface area contributed by atoms with E-state index >= 15 is 0 Å². The minimum absolute atomic E-state index is 0.117. The van der Waals surface area contributed by atoms with Gasteiger partial charge in [-0.15, -0.1) is 0 Å². The van der Waals surface area contributed by atoms with Crippen LogP contribution in [0.15, 0.2) is 97.1 Å². The van der Waals surface area contributed by atoms with Crippen LogP contribution >= 0.6 is 0 Å². The van der Waals surface area contributed by atoms with Gasteiger partial charge in [0.25, 0.3) is 0 Å². The van der Waals surface area contributed by atoms with Crippen LogP contribution in [0.1, 0.15) is 41.5 Å². The van der Waals surface area contributed by atoms with Gasteiger partial charge in [-0.05, 0) is 65.1 Å². The van der Waals surface area contributed by atoms with Crippen molar-refractivity contribution in [1.82, 2.24) is 10.6 Å². The van der Waals surface area contributed by atoms with E-state index in [1.54, 1.807) is 0 Å². The summed E-state index contributed by atoms with van der Waals surface area (Å²) < 4.78 is 10.5. The lowest BCUT2D eigenvalue weighted by molar-refractivity contribution is -0.120. The molecule has 8 heteroatoms. The van der Waals surface area contributed by atoms with Crippen molar-refractivity contribution in [1.29, 1.82) is 0 Å². The minimum atomic E-state index is -0.827. The Morgan fingerprint density at radius 2 is 1.19 bits per heavy atom. The van der Waals surface area contributed by atoms with Gasteiger partial charge in [0.05, 0.1) is 0 Å². The third-order valence-corrected chi connectivity index (χ3v) is 6.91. The van der Waals surface area contributed by atoms with Crippen molar-refractivity contribution in [3.63, 3.8) is 0 Å². The Morgan fingerprint density at radius 1 is 0.643 bits per heavy atom. The average Bonchev–Trinajstić information content (AvgIpc) is 3.01. The predicted octanol–water partition coefficient (Wildman–Crippen LogP) is 5.80. The average molecular weight is 568 g/mol. The van der Waals surface area contributed by atoms with Crippen molar-refractivity contribution >= 4 is 28.9 Å². The molecule has 0 spiro atoms. The Bertz CT molecular complexity index is 1460. The number of fused-ring (bicyclic) bond motifs is 1. The molecule has 0 aliphatic heterocycles. The summed E-state index contributed by atoms with van der Waals surface area (Å²) >= 11 is 0. The van der Waals surface area contributed by atoms with Gasteiger partial charge in [0.2, 0.25) is 5.91 Å². The van der Waals surface area contributed by atoms with E-state index in [0.29, 0.717) is 19.4 Å². The monoisotopic (exact) mass is 567 g/mol. The minimum Gasteiger partial charge on any atom is -0.445 e. The molecule has 0 fully saturated rings. The maximum Gasteiger partial charge on any atom is 0.408 e. The summed E-state index contributed by atoms with van der Waals surface area (Å²) in [6.07, 6.45) is 2.57. The Kier molecular flexibility index (Phi) is 11.3. The number of amides is 3. The molecule has 0 aliphatic rings. The van der Waals surface area contributed by atoms with Gasteiger partial charge in [-0.1, -0.05) is 97.1 Å². The zero-order chi connectivity index (χ0) is 29.6. The molecule has 1 atom stereocenters. The van der Waals surface area contributed by atoms with Crippen LogP contribution in [-0.4, -0.2) is 30.7 Å². The number of unbranched alkanes of at least 4 members (excludes halogenated alkanes) is 1. The first-order chi connectivity index (χ1) is 20.5. The third-order valence-electron chi connectivity index (χ3n) is 6.91. The van der Waals surface area contributed by atoms with Gasteiger partial charge >= 0.3 is 12.2 Å². The molecule has 4 rings (SSSR count). The van der Waals surface area contributed by atoms with E-state index < -0.39 is 24.1 Å². The number of primary amides is 1. The number of hydrogen-bond donors (Lipinski definition) is 3. The Hall–Kier alpha value is -4.85. The fourth-order valence-electron chi connectivity index (χ4n) is 4.58. The number of nitrogens with one attached hydrogen (secondary N) is 2. The van der Waals surface area contributed by atoms with E-state index in [2.05, 4.69) is 41.0 Å². The maximum absolute atomic E-state index is 12.2. The molecule has 0 radical (unpaired) electrons. The first kappa shape index (κ1) is 30.1. The van der Waals surface area contributed by atoms with E-state index in [1.807, 2.05) is 66.7 Å². The molecule has 4 aromatic rings. The number of ether oxygens (including phenoxy) is 2. The normalized spacial score (nSPS) is 11.4. The number of benzene rings is 4. The zero-order valence-electron chi connectivity index (χ0n) is 23.6. The van der Waals surface area contributed by atoms with Crippen LogP contribution in [0.2, 0.25) is 0 Å². The lowest BCUT2D eigenvalue weighted by Gasteiger charge is -2.16. The van der Waals surface area contributed by atoms with Gasteiger partial charge < -0.3 is 25.8 Å². The van der Waals surface area contributed by atoms with Crippen molar-refractivity contribution in [2.24, 2.45) is 5.73 Å². The van der Waals surface area contributed by atoms with Crippen LogP contribution in [0.5, 0.6) is 0 Å². The summed E-state index contributed by atoms with van der Waals surface area (Å²) in [6, 6.07) is 30.7. The first-order valence-electron chi connectivity index (χ1n) is 14.2. The molecule has 0 bridgehead atoms. The zero-order valence-corrected chi connectivity index (χ0v) is 23.6. The van der Waals surface area contributed by atoms with Gasteiger partial charge in [-0.2, -0.15) is 0 Å². The highest BCUT2D eigenvalue weighted by Gasteiger charge is 2.19. The van der Waals surface area contributed by atoms with Crippen molar-refractivity contribution in [3.8, 4) is 0 Å². The van der Waals surface area contributed by atoms with Crippen molar-refractivity contribution in [3.05, 3.63) is 119 Å². The number of carbonyl (C=O) groups excluding carboxylic acids is 3. The summed E-state index contributed by atoms with van der Waals surface area (Å²) in [4.78, 5) is 36.0. The quantitative estimate of drug-likeness (QED) is 0.166. The molecule has 42 heavy (non-hydrogen) atoms. The second-order valence-electron chi connectivity index (χ2n) is 10.2. The highest BCUT2D eigenvalue weighted by atomic mass is 16.6. The van der Waals surface area contributed by atoms with Crippen LogP contribution < -0.4 is 16.4 Å². The first-order valence-corrected chi connectivity index (χ1v) is 14.2. The van der Waals surface area contributed by atoms with E-state index in [1.165, 1.54) is 5.56 Å². The Balaban J connectivity index is 1.18. The molecule has 218 valence electrons. The number of nitrogens with two attached hydrogens (primary N) is 1.